The second-order valence-corrected chi connectivity index (χ2v) is 4.32. The molecule has 0 bridgehead atoms. The van der Waals surface area contributed by atoms with Crippen LogP contribution in [0.3, 0.4) is 0 Å². The maximum absolute atomic E-state index is 11.2. The summed E-state index contributed by atoms with van der Waals surface area (Å²) in [6, 6.07) is 0. The van der Waals surface area contributed by atoms with Gasteiger partial charge in [0.1, 0.15) is 5.78 Å². The third-order valence-electron chi connectivity index (χ3n) is 3.06. The molecule has 0 spiro atoms. The van der Waals surface area contributed by atoms with E-state index in [0.29, 0.717) is 18.1 Å². The molecule has 1 unspecified atom stereocenters. The fourth-order valence-corrected chi connectivity index (χ4v) is 2.16. The number of Topliss-reactive ketones (excluding diaryl/α,β-unsaturated/α-hetero) is 1. The number of carbonyl (C=O) groups excluding carboxylic acids is 2. The maximum atomic E-state index is 11.2. The molecule has 1 aliphatic carbocycles. The molecule has 0 amide bonds. The van der Waals surface area contributed by atoms with E-state index in [1.165, 1.54) is 13.5 Å². The highest BCUT2D eigenvalue weighted by molar-refractivity contribution is 5.79. The number of hydrogen-bond donors (Lipinski definition) is 0. The average molecular weight is 212 g/mol. The summed E-state index contributed by atoms with van der Waals surface area (Å²) >= 11 is 0. The lowest BCUT2D eigenvalue weighted by Crippen LogP contribution is -2.14. The predicted molar refractivity (Wildman–Crippen MR) is 57.4 cm³/mol. The second-order valence-electron chi connectivity index (χ2n) is 4.32. The first kappa shape index (κ1) is 12.2. The van der Waals surface area contributed by atoms with Gasteiger partial charge >= 0.3 is 5.97 Å². The molecule has 0 heterocycles. The summed E-state index contributed by atoms with van der Waals surface area (Å²) < 4.78 is 4.57. The first-order valence-electron chi connectivity index (χ1n) is 5.81. The van der Waals surface area contributed by atoms with E-state index < -0.39 is 0 Å². The number of methoxy groups -OCH3 is 1. The number of hydrogen-bond acceptors (Lipinski definition) is 3. The smallest absolute Gasteiger partial charge is 0.305 e. The van der Waals surface area contributed by atoms with Crippen molar-refractivity contribution in [1.29, 1.82) is 0 Å². The zero-order valence-electron chi connectivity index (χ0n) is 9.46. The van der Waals surface area contributed by atoms with Gasteiger partial charge in [0, 0.05) is 19.3 Å². The molecule has 1 saturated carbocycles. The summed E-state index contributed by atoms with van der Waals surface area (Å²) in [5, 5.41) is 0. The van der Waals surface area contributed by atoms with E-state index in [1.807, 2.05) is 0 Å². The van der Waals surface area contributed by atoms with Gasteiger partial charge in [-0.3, -0.25) is 9.59 Å². The molecule has 0 radical (unpaired) electrons. The highest BCUT2D eigenvalue weighted by Gasteiger charge is 2.18. The Hall–Kier alpha value is -0.860. The molecule has 0 aromatic carbocycles. The molecule has 15 heavy (non-hydrogen) atoms. The van der Waals surface area contributed by atoms with Gasteiger partial charge in [-0.2, -0.15) is 0 Å². The summed E-state index contributed by atoms with van der Waals surface area (Å²) in [6.07, 6.45) is 7.30. The summed E-state index contributed by atoms with van der Waals surface area (Å²) in [7, 11) is 1.42. The Morgan fingerprint density at radius 2 is 2.27 bits per heavy atom. The Bertz CT molecular complexity index is 223. The van der Waals surface area contributed by atoms with E-state index in [0.717, 1.165) is 38.5 Å². The van der Waals surface area contributed by atoms with E-state index in [2.05, 4.69) is 4.74 Å². The van der Waals surface area contributed by atoms with Crippen LogP contribution in [-0.4, -0.2) is 18.9 Å². The molecule has 0 N–H and O–H groups in total. The van der Waals surface area contributed by atoms with Crippen molar-refractivity contribution >= 4 is 11.8 Å². The minimum Gasteiger partial charge on any atom is -0.469 e. The lowest BCUT2D eigenvalue weighted by atomic mass is 9.85. The largest absolute Gasteiger partial charge is 0.469 e. The fraction of sp³-hybridized carbons (Fsp3) is 0.833. The summed E-state index contributed by atoms with van der Waals surface area (Å²) in [5.74, 6) is 0.859. The minimum atomic E-state index is -0.130. The van der Waals surface area contributed by atoms with Crippen LogP contribution in [0.4, 0.5) is 0 Å². The molecule has 3 nitrogen and oxygen atoms in total. The number of unbranched alkanes of at least 4 members (excludes halogenated alkanes) is 1. The Labute approximate surface area is 91.2 Å². The van der Waals surface area contributed by atoms with Crippen molar-refractivity contribution in [3.63, 3.8) is 0 Å². The first-order valence-corrected chi connectivity index (χ1v) is 5.81. The van der Waals surface area contributed by atoms with Crippen molar-refractivity contribution in [2.75, 3.05) is 7.11 Å². The van der Waals surface area contributed by atoms with Crippen LogP contribution in [0.1, 0.15) is 51.4 Å². The molecular formula is C12H20O3. The van der Waals surface area contributed by atoms with Crippen LogP contribution in [0.15, 0.2) is 0 Å². The van der Waals surface area contributed by atoms with Crippen LogP contribution in [0.5, 0.6) is 0 Å². The van der Waals surface area contributed by atoms with Gasteiger partial charge in [0.2, 0.25) is 0 Å². The molecule has 0 saturated heterocycles. The van der Waals surface area contributed by atoms with Gasteiger partial charge in [-0.15, -0.1) is 0 Å². The van der Waals surface area contributed by atoms with Crippen LogP contribution in [-0.2, 0) is 14.3 Å². The Morgan fingerprint density at radius 3 is 2.93 bits per heavy atom. The topological polar surface area (TPSA) is 43.4 Å². The normalized spacial score (nSPS) is 21.4. The SMILES string of the molecule is COC(=O)CCCCC1CCCC(=O)C1. The first-order chi connectivity index (χ1) is 7.22. The van der Waals surface area contributed by atoms with Gasteiger partial charge in [-0.1, -0.05) is 12.8 Å². The van der Waals surface area contributed by atoms with Crippen LogP contribution >= 0.6 is 0 Å². The van der Waals surface area contributed by atoms with Gasteiger partial charge in [0.15, 0.2) is 0 Å². The molecule has 0 aromatic rings. The number of rotatable bonds is 5. The molecule has 3 heteroatoms. The van der Waals surface area contributed by atoms with Crippen LogP contribution in [0.25, 0.3) is 0 Å². The Kier molecular flexibility index (Phi) is 5.37. The van der Waals surface area contributed by atoms with Crippen LogP contribution in [0, 0.1) is 5.92 Å². The Balaban J connectivity index is 2.04. The van der Waals surface area contributed by atoms with Crippen molar-refractivity contribution in [2.24, 2.45) is 5.92 Å². The van der Waals surface area contributed by atoms with Crippen LogP contribution in [0.2, 0.25) is 0 Å². The zero-order valence-corrected chi connectivity index (χ0v) is 9.46. The zero-order chi connectivity index (χ0) is 11.1. The van der Waals surface area contributed by atoms with Gasteiger partial charge in [-0.25, -0.2) is 0 Å². The number of ether oxygens (including phenoxy) is 1. The van der Waals surface area contributed by atoms with Gasteiger partial charge in [-0.05, 0) is 25.2 Å². The number of ketones is 1. The van der Waals surface area contributed by atoms with Crippen molar-refractivity contribution in [1.82, 2.24) is 0 Å². The molecule has 1 atom stereocenters. The summed E-state index contributed by atoms with van der Waals surface area (Å²) in [4.78, 5) is 22.0. The summed E-state index contributed by atoms with van der Waals surface area (Å²) in [5.41, 5.74) is 0. The quantitative estimate of drug-likeness (QED) is 0.519. The number of esters is 1. The van der Waals surface area contributed by atoms with Gasteiger partial charge in [0.05, 0.1) is 7.11 Å². The molecule has 1 rings (SSSR count). The molecule has 86 valence electrons. The standard InChI is InChI=1S/C12H20O3/c1-15-12(14)8-3-2-5-10-6-4-7-11(13)9-10/h10H,2-9H2,1H3. The molecule has 1 aliphatic rings. The molecule has 1 fully saturated rings. The molecule has 0 aromatic heterocycles. The minimum absolute atomic E-state index is 0.130. The monoisotopic (exact) mass is 212 g/mol. The molecule has 0 aliphatic heterocycles. The third kappa shape index (κ3) is 4.96. The van der Waals surface area contributed by atoms with Gasteiger partial charge < -0.3 is 4.74 Å². The highest BCUT2D eigenvalue weighted by Crippen LogP contribution is 2.25. The van der Waals surface area contributed by atoms with E-state index in [-0.39, 0.29) is 5.97 Å². The van der Waals surface area contributed by atoms with E-state index >= 15 is 0 Å². The van der Waals surface area contributed by atoms with E-state index in [1.54, 1.807) is 0 Å². The fourth-order valence-electron chi connectivity index (χ4n) is 2.16. The third-order valence-corrected chi connectivity index (χ3v) is 3.06. The molecular weight excluding hydrogens is 192 g/mol. The summed E-state index contributed by atoms with van der Waals surface area (Å²) in [6.45, 7) is 0. The second kappa shape index (κ2) is 6.59. The van der Waals surface area contributed by atoms with E-state index in [9.17, 15) is 9.59 Å². The Morgan fingerprint density at radius 1 is 1.47 bits per heavy atom. The van der Waals surface area contributed by atoms with Crippen LogP contribution < -0.4 is 0 Å². The highest BCUT2D eigenvalue weighted by atomic mass is 16.5. The van der Waals surface area contributed by atoms with Crippen molar-refractivity contribution in [2.45, 2.75) is 51.4 Å². The number of carbonyl (C=O) groups is 2. The van der Waals surface area contributed by atoms with Crippen molar-refractivity contribution in [3.05, 3.63) is 0 Å². The maximum Gasteiger partial charge on any atom is 0.305 e. The van der Waals surface area contributed by atoms with E-state index in [4.69, 9.17) is 0 Å². The lowest BCUT2D eigenvalue weighted by Gasteiger charge is -2.20. The lowest BCUT2D eigenvalue weighted by molar-refractivity contribution is -0.140. The average Bonchev–Trinajstić information content (AvgIpc) is 2.24. The van der Waals surface area contributed by atoms with Crippen molar-refractivity contribution < 1.29 is 14.3 Å². The predicted octanol–water partition coefficient (Wildman–Crippen LogP) is 2.48. The van der Waals surface area contributed by atoms with Gasteiger partial charge in [0.25, 0.3) is 0 Å². The van der Waals surface area contributed by atoms with Crippen molar-refractivity contribution in [3.8, 4) is 0 Å².